The molecule has 0 rings (SSSR count). The summed E-state index contributed by atoms with van der Waals surface area (Å²) in [5.74, 6) is -0.963. The van der Waals surface area contributed by atoms with Crippen LogP contribution in [0.5, 0.6) is 0 Å². The van der Waals surface area contributed by atoms with Gasteiger partial charge in [-0.25, -0.2) is 4.57 Å². The molecule has 10 nitrogen and oxygen atoms in total. The van der Waals surface area contributed by atoms with Gasteiger partial charge >= 0.3 is 19.8 Å². The molecule has 0 aliphatic heterocycles. The summed E-state index contributed by atoms with van der Waals surface area (Å²) in [5.41, 5.74) is 0. The van der Waals surface area contributed by atoms with Crippen LogP contribution in [0.3, 0.4) is 0 Å². The van der Waals surface area contributed by atoms with Crippen LogP contribution in [0.25, 0.3) is 0 Å². The predicted octanol–water partition coefficient (Wildman–Crippen LogP) is 10.6. The molecular formula is C42H75O10P. The Morgan fingerprint density at radius 2 is 0.981 bits per heavy atom. The van der Waals surface area contributed by atoms with E-state index in [9.17, 15) is 24.2 Å². The van der Waals surface area contributed by atoms with Crippen LogP contribution in [0, 0.1) is 0 Å². The lowest BCUT2D eigenvalue weighted by molar-refractivity contribution is -0.161. The Bertz CT molecular complexity index is 1030. The number of phosphoric ester groups is 1. The maximum Gasteiger partial charge on any atom is 0.472 e. The summed E-state index contributed by atoms with van der Waals surface area (Å²) in [4.78, 5) is 34.9. The van der Waals surface area contributed by atoms with Crippen LogP contribution in [-0.4, -0.2) is 65.7 Å². The van der Waals surface area contributed by atoms with Crippen molar-refractivity contribution in [3.05, 3.63) is 48.6 Å². The smallest absolute Gasteiger partial charge is 0.462 e. The van der Waals surface area contributed by atoms with E-state index in [1.807, 2.05) is 0 Å². The molecule has 0 spiro atoms. The fourth-order valence-corrected chi connectivity index (χ4v) is 6.06. The van der Waals surface area contributed by atoms with Gasteiger partial charge in [0.15, 0.2) is 6.10 Å². The van der Waals surface area contributed by atoms with E-state index in [0.29, 0.717) is 12.8 Å². The molecule has 3 N–H and O–H groups in total. The number of aliphatic hydroxyl groups excluding tert-OH is 2. The van der Waals surface area contributed by atoms with Crippen LogP contribution in [0.2, 0.25) is 0 Å². The zero-order valence-electron chi connectivity index (χ0n) is 33.2. The number of esters is 2. The Balaban J connectivity index is 4.39. The van der Waals surface area contributed by atoms with Crippen molar-refractivity contribution in [2.45, 2.75) is 180 Å². The number of hydrogen-bond acceptors (Lipinski definition) is 9. The normalized spacial score (nSPS) is 14.4. The molecule has 0 bridgehead atoms. The SMILES string of the molecule is CCCCC/C=C\C/C=C\C/C=C\C/C=C\CCCCCC(=O)O[C@H](COC(=O)CCCCCCCCCCCCC)COP(=O)(O)OC[C@@H](O)CO. The van der Waals surface area contributed by atoms with E-state index in [1.165, 1.54) is 70.6 Å². The third-order valence-corrected chi connectivity index (χ3v) is 9.44. The zero-order chi connectivity index (χ0) is 39.1. The lowest BCUT2D eigenvalue weighted by Gasteiger charge is -2.20. The molecule has 0 aromatic carbocycles. The Morgan fingerprint density at radius 1 is 0.566 bits per heavy atom. The molecule has 11 heteroatoms. The fourth-order valence-electron chi connectivity index (χ4n) is 5.27. The van der Waals surface area contributed by atoms with Crippen molar-refractivity contribution in [3.63, 3.8) is 0 Å². The molecule has 0 saturated heterocycles. The maximum absolute atomic E-state index is 12.6. The van der Waals surface area contributed by atoms with Gasteiger partial charge in [-0.05, 0) is 57.8 Å². The highest BCUT2D eigenvalue weighted by atomic mass is 31.2. The molecule has 0 aliphatic carbocycles. The first-order valence-corrected chi connectivity index (χ1v) is 22.1. The third-order valence-electron chi connectivity index (χ3n) is 8.49. The number of hydrogen-bond donors (Lipinski definition) is 3. The molecule has 308 valence electrons. The van der Waals surface area contributed by atoms with Gasteiger partial charge in [0, 0.05) is 12.8 Å². The largest absolute Gasteiger partial charge is 0.472 e. The first-order chi connectivity index (χ1) is 25.7. The van der Waals surface area contributed by atoms with Gasteiger partial charge in [-0.1, -0.05) is 146 Å². The van der Waals surface area contributed by atoms with Gasteiger partial charge in [-0.3, -0.25) is 18.6 Å². The van der Waals surface area contributed by atoms with Crippen LogP contribution >= 0.6 is 7.82 Å². The lowest BCUT2D eigenvalue weighted by atomic mass is 10.1. The van der Waals surface area contributed by atoms with Crippen LogP contribution in [0.15, 0.2) is 48.6 Å². The van der Waals surface area contributed by atoms with E-state index in [1.54, 1.807) is 0 Å². The summed E-state index contributed by atoms with van der Waals surface area (Å²) in [5, 5.41) is 18.3. The van der Waals surface area contributed by atoms with Gasteiger partial charge in [0.25, 0.3) is 0 Å². The molecule has 0 amide bonds. The van der Waals surface area contributed by atoms with Gasteiger partial charge in [0.1, 0.15) is 12.7 Å². The summed E-state index contributed by atoms with van der Waals surface area (Å²) in [6, 6.07) is 0. The van der Waals surface area contributed by atoms with Gasteiger partial charge in [-0.2, -0.15) is 0 Å². The molecule has 53 heavy (non-hydrogen) atoms. The summed E-state index contributed by atoms with van der Waals surface area (Å²) in [7, 11) is -4.62. The number of ether oxygens (including phenoxy) is 2. The molecule has 0 aromatic rings. The van der Waals surface area contributed by atoms with E-state index >= 15 is 0 Å². The van der Waals surface area contributed by atoms with E-state index < -0.39 is 51.8 Å². The van der Waals surface area contributed by atoms with Crippen molar-refractivity contribution in [2.75, 3.05) is 26.4 Å². The van der Waals surface area contributed by atoms with Crippen molar-refractivity contribution in [1.82, 2.24) is 0 Å². The maximum atomic E-state index is 12.6. The molecule has 1 unspecified atom stereocenters. The van der Waals surface area contributed by atoms with Gasteiger partial charge in [-0.15, -0.1) is 0 Å². The van der Waals surface area contributed by atoms with Gasteiger partial charge < -0.3 is 24.6 Å². The number of carbonyl (C=O) groups is 2. The molecule has 0 aliphatic rings. The predicted molar refractivity (Wildman–Crippen MR) is 214 cm³/mol. The second-order valence-electron chi connectivity index (χ2n) is 13.7. The molecule has 0 heterocycles. The molecular weight excluding hydrogens is 695 g/mol. The van der Waals surface area contributed by atoms with E-state index in [-0.39, 0.29) is 19.4 Å². The number of phosphoric acid groups is 1. The Hall–Kier alpha value is -2.07. The number of rotatable bonds is 38. The first-order valence-electron chi connectivity index (χ1n) is 20.6. The second kappa shape index (κ2) is 38.2. The van der Waals surface area contributed by atoms with Crippen molar-refractivity contribution < 1.29 is 47.8 Å². The third kappa shape index (κ3) is 38.0. The van der Waals surface area contributed by atoms with Crippen molar-refractivity contribution in [3.8, 4) is 0 Å². The molecule has 0 fully saturated rings. The quantitative estimate of drug-likeness (QED) is 0.0240. The van der Waals surface area contributed by atoms with Crippen LogP contribution in [0.1, 0.15) is 168 Å². The Kier molecular flexibility index (Phi) is 36.7. The highest BCUT2D eigenvalue weighted by molar-refractivity contribution is 7.47. The first kappa shape index (κ1) is 50.9. The summed E-state index contributed by atoms with van der Waals surface area (Å²) >= 11 is 0. The Labute approximate surface area is 322 Å². The molecule has 3 atom stereocenters. The van der Waals surface area contributed by atoms with Crippen molar-refractivity contribution >= 4 is 19.8 Å². The lowest BCUT2D eigenvalue weighted by Crippen LogP contribution is -2.29. The second-order valence-corrected chi connectivity index (χ2v) is 15.1. The minimum absolute atomic E-state index is 0.147. The van der Waals surface area contributed by atoms with Gasteiger partial charge in [0.05, 0.1) is 19.8 Å². The average Bonchev–Trinajstić information content (AvgIpc) is 3.14. The highest BCUT2D eigenvalue weighted by Crippen LogP contribution is 2.43. The van der Waals surface area contributed by atoms with Crippen LogP contribution in [0.4, 0.5) is 0 Å². The standard InChI is InChI=1S/C42H75O10P/c1-3-5-7-9-11-13-15-16-17-18-19-20-21-22-24-26-28-30-32-34-42(46)52-40(38-51-53(47,48)50-36-39(44)35-43)37-49-41(45)33-31-29-27-25-23-14-12-10-8-6-4-2/h11,13,16-17,19-20,22,24,39-40,43-44H,3-10,12,14-15,18,21,23,25-38H2,1-2H3,(H,47,48)/b13-11-,17-16-,20-19-,24-22-/t39-,40+/m0/s1. The zero-order valence-corrected chi connectivity index (χ0v) is 34.1. The van der Waals surface area contributed by atoms with Crippen LogP contribution < -0.4 is 0 Å². The number of allylic oxidation sites excluding steroid dienone is 8. The van der Waals surface area contributed by atoms with Crippen molar-refractivity contribution in [1.29, 1.82) is 0 Å². The number of unbranched alkanes of at least 4 members (excludes halogenated alkanes) is 16. The topological polar surface area (TPSA) is 149 Å². The van der Waals surface area contributed by atoms with Crippen molar-refractivity contribution in [2.24, 2.45) is 0 Å². The molecule has 0 aromatic heterocycles. The van der Waals surface area contributed by atoms with E-state index in [0.717, 1.165) is 57.8 Å². The van der Waals surface area contributed by atoms with Gasteiger partial charge in [0.2, 0.25) is 0 Å². The summed E-state index contributed by atoms with van der Waals surface area (Å²) in [6.07, 6.45) is 39.3. The average molecular weight is 771 g/mol. The number of carbonyl (C=O) groups excluding carboxylic acids is 2. The minimum atomic E-state index is -4.62. The highest BCUT2D eigenvalue weighted by Gasteiger charge is 2.27. The Morgan fingerprint density at radius 3 is 1.51 bits per heavy atom. The fraction of sp³-hybridized carbons (Fsp3) is 0.762. The molecule has 0 saturated carbocycles. The minimum Gasteiger partial charge on any atom is -0.462 e. The number of aliphatic hydroxyl groups is 2. The van der Waals surface area contributed by atoms with E-state index in [2.05, 4.69) is 67.0 Å². The van der Waals surface area contributed by atoms with E-state index in [4.69, 9.17) is 19.1 Å². The van der Waals surface area contributed by atoms with Crippen LogP contribution in [-0.2, 0) is 32.7 Å². The molecule has 0 radical (unpaired) electrons. The monoisotopic (exact) mass is 771 g/mol. The summed E-state index contributed by atoms with van der Waals surface area (Å²) in [6.45, 7) is 2.29. The summed E-state index contributed by atoms with van der Waals surface area (Å²) < 4.78 is 32.6.